The molecule has 1 unspecified atom stereocenters. The molecule has 0 N–H and O–H groups in total. The van der Waals surface area contributed by atoms with Crippen LogP contribution in [0.15, 0.2) is 60.8 Å². The van der Waals surface area contributed by atoms with Gasteiger partial charge in [0, 0.05) is 49.7 Å². The van der Waals surface area contributed by atoms with Crippen LogP contribution in [0.2, 0.25) is 0 Å². The molecule has 0 spiro atoms. The first kappa shape index (κ1) is 34.1. The molecular formula is C37H56N2O2P+. The van der Waals surface area contributed by atoms with Gasteiger partial charge in [0.2, 0.25) is 12.9 Å². The van der Waals surface area contributed by atoms with Crippen LogP contribution in [0.5, 0.6) is 0 Å². The Morgan fingerprint density at radius 3 is 2.07 bits per heavy atom. The maximum absolute atomic E-state index is 13.1. The van der Waals surface area contributed by atoms with Crippen molar-refractivity contribution in [2.45, 2.75) is 98.4 Å². The highest BCUT2D eigenvalue weighted by atomic mass is 31.2. The van der Waals surface area contributed by atoms with E-state index in [2.05, 4.69) is 103 Å². The van der Waals surface area contributed by atoms with Crippen molar-refractivity contribution in [1.29, 1.82) is 0 Å². The Kier molecular flexibility index (Phi) is 15.4. The molecule has 5 heteroatoms. The SMILES string of the molecule is CCCCCCN(CCCCCC)c1ccc(C=Cc2cc[n+](CCCP(=O)(CCC)OCC)c3ccccc23)cc1. The number of rotatable bonds is 21. The molecule has 0 aliphatic heterocycles. The molecular weight excluding hydrogens is 535 g/mol. The lowest BCUT2D eigenvalue weighted by atomic mass is 10.1. The van der Waals surface area contributed by atoms with Crippen LogP contribution < -0.4 is 9.47 Å². The predicted octanol–water partition coefficient (Wildman–Crippen LogP) is 10.4. The third-order valence-electron chi connectivity index (χ3n) is 8.06. The number of fused-ring (bicyclic) bond motifs is 1. The first-order valence-electron chi connectivity index (χ1n) is 16.7. The van der Waals surface area contributed by atoms with E-state index >= 15 is 0 Å². The zero-order valence-corrected chi connectivity index (χ0v) is 27.8. The predicted molar refractivity (Wildman–Crippen MR) is 184 cm³/mol. The van der Waals surface area contributed by atoms with E-state index in [1.54, 1.807) is 0 Å². The van der Waals surface area contributed by atoms with Crippen molar-refractivity contribution in [3.8, 4) is 0 Å². The second kappa shape index (κ2) is 19.0. The fourth-order valence-corrected chi connectivity index (χ4v) is 8.02. The molecule has 1 aromatic heterocycles. The monoisotopic (exact) mass is 591 g/mol. The number of pyridine rings is 1. The Balaban J connectivity index is 1.69. The van der Waals surface area contributed by atoms with Crippen LogP contribution in [0.25, 0.3) is 23.1 Å². The van der Waals surface area contributed by atoms with Crippen molar-refractivity contribution in [3.05, 3.63) is 71.9 Å². The van der Waals surface area contributed by atoms with Crippen LogP contribution in [-0.2, 0) is 15.6 Å². The average molecular weight is 592 g/mol. The van der Waals surface area contributed by atoms with Gasteiger partial charge >= 0.3 is 0 Å². The number of para-hydroxylation sites is 1. The van der Waals surface area contributed by atoms with Crippen LogP contribution in [0.4, 0.5) is 5.69 Å². The number of hydrogen-bond donors (Lipinski definition) is 0. The number of hydrogen-bond acceptors (Lipinski definition) is 3. The van der Waals surface area contributed by atoms with Crippen LogP contribution in [-0.4, -0.2) is 32.0 Å². The van der Waals surface area contributed by atoms with Gasteiger partial charge in [-0.05, 0) is 55.5 Å². The summed E-state index contributed by atoms with van der Waals surface area (Å²) >= 11 is 0. The van der Waals surface area contributed by atoms with E-state index in [1.165, 1.54) is 79.1 Å². The summed E-state index contributed by atoms with van der Waals surface area (Å²) in [5.41, 5.74) is 4.99. The summed E-state index contributed by atoms with van der Waals surface area (Å²) in [5.74, 6) is 0. The highest BCUT2D eigenvalue weighted by molar-refractivity contribution is 7.58. The molecule has 0 fully saturated rings. The molecule has 0 aliphatic rings. The first-order chi connectivity index (χ1) is 20.5. The van der Waals surface area contributed by atoms with E-state index in [-0.39, 0.29) is 0 Å². The van der Waals surface area contributed by atoms with Crippen LogP contribution in [0.1, 0.15) is 103 Å². The summed E-state index contributed by atoms with van der Waals surface area (Å²) in [7, 11) is -2.53. The summed E-state index contributed by atoms with van der Waals surface area (Å²) in [6.07, 6.45) is 20.1. The molecule has 0 amide bonds. The van der Waals surface area contributed by atoms with Crippen molar-refractivity contribution in [3.63, 3.8) is 0 Å². The molecule has 0 saturated carbocycles. The zero-order chi connectivity index (χ0) is 30.0. The van der Waals surface area contributed by atoms with Gasteiger partial charge in [-0.3, -0.25) is 4.57 Å². The van der Waals surface area contributed by atoms with Crippen LogP contribution in [0, 0.1) is 0 Å². The summed E-state index contributed by atoms with van der Waals surface area (Å²) < 4.78 is 21.1. The maximum atomic E-state index is 13.1. The third kappa shape index (κ3) is 11.0. The Labute approximate surface area is 256 Å². The lowest BCUT2D eigenvalue weighted by molar-refractivity contribution is -0.671. The van der Waals surface area contributed by atoms with Gasteiger partial charge in [0.15, 0.2) is 6.20 Å². The van der Waals surface area contributed by atoms with E-state index in [9.17, 15) is 4.57 Å². The van der Waals surface area contributed by atoms with Crippen molar-refractivity contribution < 1.29 is 13.7 Å². The minimum Gasteiger partial charge on any atom is -0.372 e. The number of anilines is 1. The molecule has 1 atom stereocenters. The number of aryl methyl sites for hydroxylation is 1. The number of nitrogens with zero attached hydrogens (tertiary/aromatic N) is 2. The molecule has 3 aromatic rings. The van der Waals surface area contributed by atoms with Gasteiger partial charge in [-0.2, -0.15) is 4.57 Å². The topological polar surface area (TPSA) is 33.4 Å². The summed E-state index contributed by atoms with van der Waals surface area (Å²) in [6.45, 7) is 12.2. The number of aromatic nitrogens is 1. The van der Waals surface area contributed by atoms with Gasteiger partial charge in [-0.15, -0.1) is 0 Å². The number of benzene rings is 2. The van der Waals surface area contributed by atoms with Gasteiger partial charge in [-0.25, -0.2) is 0 Å². The molecule has 0 aliphatic carbocycles. The normalized spacial score (nSPS) is 13.1. The first-order valence-corrected chi connectivity index (χ1v) is 18.7. The molecule has 3 rings (SSSR count). The molecule has 2 aromatic carbocycles. The second-order valence-corrected chi connectivity index (χ2v) is 14.3. The van der Waals surface area contributed by atoms with E-state index in [4.69, 9.17) is 4.52 Å². The van der Waals surface area contributed by atoms with Crippen molar-refractivity contribution in [2.75, 3.05) is 36.9 Å². The molecule has 0 saturated heterocycles. The lowest BCUT2D eigenvalue weighted by Crippen LogP contribution is -2.34. The van der Waals surface area contributed by atoms with E-state index in [0.29, 0.717) is 18.9 Å². The Bertz CT molecular complexity index is 1230. The molecule has 1 heterocycles. The van der Waals surface area contributed by atoms with E-state index in [1.807, 2.05) is 6.92 Å². The lowest BCUT2D eigenvalue weighted by Gasteiger charge is -2.25. The molecule has 0 bridgehead atoms. The summed E-state index contributed by atoms with van der Waals surface area (Å²) in [4.78, 5) is 2.60. The zero-order valence-electron chi connectivity index (χ0n) is 26.9. The van der Waals surface area contributed by atoms with Gasteiger partial charge in [0.1, 0.15) is 6.54 Å². The Morgan fingerprint density at radius 1 is 0.738 bits per heavy atom. The molecule has 42 heavy (non-hydrogen) atoms. The standard InChI is InChI=1S/C37H56N2O2P/c1-5-9-11-15-27-38(28-16-12-10-6-2)35-24-21-33(22-25-35)20-23-34-26-30-39(37-19-14-13-18-36(34)37)29-17-32-42(40,31-7-3)41-8-4/h13-14,18-26,30H,5-12,15-17,27-29,31-32H2,1-4H3/q+1. The third-order valence-corrected chi connectivity index (χ3v) is 10.9. The molecule has 4 nitrogen and oxygen atoms in total. The quantitative estimate of drug-likeness (QED) is 0.0702. The van der Waals surface area contributed by atoms with Gasteiger partial charge in [0.05, 0.1) is 12.0 Å². The van der Waals surface area contributed by atoms with Gasteiger partial charge < -0.3 is 9.42 Å². The fourth-order valence-electron chi connectivity index (χ4n) is 5.76. The highest BCUT2D eigenvalue weighted by Gasteiger charge is 2.22. The largest absolute Gasteiger partial charge is 0.372 e. The second-order valence-electron chi connectivity index (χ2n) is 11.5. The molecule has 230 valence electrons. The van der Waals surface area contributed by atoms with Gasteiger partial charge in [0.25, 0.3) is 0 Å². The van der Waals surface area contributed by atoms with E-state index in [0.717, 1.165) is 32.5 Å². The van der Waals surface area contributed by atoms with Crippen molar-refractivity contribution in [1.82, 2.24) is 0 Å². The van der Waals surface area contributed by atoms with Gasteiger partial charge in [-0.1, -0.05) is 95.7 Å². The van der Waals surface area contributed by atoms with Crippen LogP contribution in [0.3, 0.4) is 0 Å². The summed E-state index contributed by atoms with van der Waals surface area (Å²) in [6, 6.07) is 19.9. The van der Waals surface area contributed by atoms with Crippen molar-refractivity contribution >= 4 is 36.1 Å². The smallest absolute Gasteiger partial charge is 0.213 e. The average Bonchev–Trinajstić information content (AvgIpc) is 3.00. The van der Waals surface area contributed by atoms with Crippen LogP contribution >= 0.6 is 7.37 Å². The minimum absolute atomic E-state index is 0.521. The van der Waals surface area contributed by atoms with Crippen molar-refractivity contribution in [2.24, 2.45) is 0 Å². The van der Waals surface area contributed by atoms with E-state index < -0.39 is 7.37 Å². The summed E-state index contributed by atoms with van der Waals surface area (Å²) in [5, 5.41) is 1.24. The Morgan fingerprint density at radius 2 is 1.43 bits per heavy atom. The maximum Gasteiger partial charge on any atom is 0.213 e. The highest BCUT2D eigenvalue weighted by Crippen LogP contribution is 2.47. The minimum atomic E-state index is -2.53. The Hall–Kier alpha value is -2.42. The molecule has 0 radical (unpaired) electrons. The fraction of sp³-hybridized carbons (Fsp3) is 0.541. The number of unbranched alkanes of at least 4 members (excludes halogenated alkanes) is 6.